The van der Waals surface area contributed by atoms with Crippen LogP contribution in [0.2, 0.25) is 5.02 Å². The number of nitrogens with one attached hydrogen (secondary N) is 1. The lowest BCUT2D eigenvalue weighted by Crippen LogP contribution is -2.34. The van der Waals surface area contributed by atoms with E-state index in [-0.39, 0.29) is 12.0 Å². The lowest BCUT2D eigenvalue weighted by molar-refractivity contribution is -0.148. The van der Waals surface area contributed by atoms with E-state index in [1.807, 2.05) is 0 Å². The number of alkyl halides is 3. The largest absolute Gasteiger partial charge is 0.461 e. The number of benzene rings is 2. The molecule has 0 radical (unpaired) electrons. The van der Waals surface area contributed by atoms with Crippen LogP contribution in [0.3, 0.4) is 0 Å². The van der Waals surface area contributed by atoms with Crippen LogP contribution in [0.4, 0.5) is 18.0 Å². The number of nitrogens with two attached hydrogens (primary N) is 1. The van der Waals surface area contributed by atoms with Crippen LogP contribution in [0, 0.1) is 0 Å². The minimum absolute atomic E-state index is 0.163. The molecule has 0 saturated heterocycles. The van der Waals surface area contributed by atoms with E-state index >= 15 is 0 Å². The molecule has 2 aromatic carbocycles. The van der Waals surface area contributed by atoms with Gasteiger partial charge in [-0.2, -0.15) is 13.2 Å². The third kappa shape index (κ3) is 6.18. The summed E-state index contributed by atoms with van der Waals surface area (Å²) in [5.74, 6) is -0.791. The molecule has 0 bridgehead atoms. The Morgan fingerprint density at radius 3 is 2.33 bits per heavy atom. The van der Waals surface area contributed by atoms with Crippen molar-refractivity contribution in [3.63, 3.8) is 0 Å². The summed E-state index contributed by atoms with van der Waals surface area (Å²) in [5, 5.41) is 2.86. The smallest absolute Gasteiger partial charge is 0.416 e. The van der Waals surface area contributed by atoms with Crippen LogP contribution in [0.25, 0.3) is 0 Å². The fourth-order valence-electron chi connectivity index (χ4n) is 2.43. The maximum absolute atomic E-state index is 13.0. The molecular formula is C18H16ClF3N2O3. The molecule has 0 unspecified atom stereocenters. The van der Waals surface area contributed by atoms with Crippen molar-refractivity contribution in [1.29, 1.82) is 0 Å². The summed E-state index contributed by atoms with van der Waals surface area (Å²) in [6, 6.07) is 9.47. The van der Waals surface area contributed by atoms with Gasteiger partial charge in [0.1, 0.15) is 6.61 Å². The molecule has 2 amide bonds. The Morgan fingerprint density at radius 1 is 1.11 bits per heavy atom. The molecule has 0 saturated carbocycles. The van der Waals surface area contributed by atoms with Crippen molar-refractivity contribution in [2.75, 3.05) is 0 Å². The van der Waals surface area contributed by atoms with E-state index in [1.165, 1.54) is 18.2 Å². The van der Waals surface area contributed by atoms with Crippen molar-refractivity contribution < 1.29 is 27.5 Å². The number of primary amides is 1. The van der Waals surface area contributed by atoms with Crippen LogP contribution in [0.15, 0.2) is 48.5 Å². The standard InChI is InChI=1S/C18H16ClF3N2O3/c19-13-7-5-11(6-8-13)15(24-17(23)26)9-16(25)27-10-12-3-1-2-4-14(12)18(20,21)22/h1-8,15H,9-10H2,(H3,23,24,26)/t15-/m1/s1. The first-order valence-electron chi connectivity index (χ1n) is 7.79. The van der Waals surface area contributed by atoms with Crippen molar-refractivity contribution in [2.24, 2.45) is 5.73 Å². The normalized spacial score (nSPS) is 12.3. The number of rotatable bonds is 6. The number of esters is 1. The molecule has 0 heterocycles. The van der Waals surface area contributed by atoms with Crippen molar-refractivity contribution in [2.45, 2.75) is 25.2 Å². The number of hydrogen-bond donors (Lipinski definition) is 2. The second-order valence-corrected chi connectivity index (χ2v) is 6.07. The van der Waals surface area contributed by atoms with Crippen LogP contribution in [-0.4, -0.2) is 12.0 Å². The summed E-state index contributed by atoms with van der Waals surface area (Å²) in [7, 11) is 0. The Kier molecular flexibility index (Phi) is 6.68. The summed E-state index contributed by atoms with van der Waals surface area (Å²) < 4.78 is 43.9. The molecule has 27 heavy (non-hydrogen) atoms. The first kappa shape index (κ1) is 20.6. The van der Waals surface area contributed by atoms with Gasteiger partial charge in [0.05, 0.1) is 18.0 Å². The first-order valence-corrected chi connectivity index (χ1v) is 8.17. The van der Waals surface area contributed by atoms with Gasteiger partial charge in [0, 0.05) is 10.6 Å². The predicted molar refractivity (Wildman–Crippen MR) is 92.8 cm³/mol. The second-order valence-electron chi connectivity index (χ2n) is 5.63. The van der Waals surface area contributed by atoms with E-state index < -0.39 is 36.4 Å². The molecule has 5 nitrogen and oxygen atoms in total. The molecule has 3 N–H and O–H groups in total. The first-order chi connectivity index (χ1) is 12.7. The summed E-state index contributed by atoms with van der Waals surface area (Å²) in [5.41, 5.74) is 4.63. The number of amides is 2. The highest BCUT2D eigenvalue weighted by Crippen LogP contribution is 2.32. The summed E-state index contributed by atoms with van der Waals surface area (Å²) in [6.07, 6.45) is -4.86. The SMILES string of the molecule is NC(=O)N[C@H](CC(=O)OCc1ccccc1C(F)(F)F)c1ccc(Cl)cc1. The number of hydrogen-bond acceptors (Lipinski definition) is 3. The number of carbonyl (C=O) groups is 2. The molecule has 0 aliphatic heterocycles. The van der Waals surface area contributed by atoms with Gasteiger partial charge in [-0.25, -0.2) is 4.79 Å². The molecule has 2 rings (SSSR count). The quantitative estimate of drug-likeness (QED) is 0.713. The van der Waals surface area contributed by atoms with Crippen LogP contribution in [0.1, 0.15) is 29.2 Å². The van der Waals surface area contributed by atoms with Crippen molar-refractivity contribution in [3.05, 3.63) is 70.2 Å². The van der Waals surface area contributed by atoms with Crippen LogP contribution < -0.4 is 11.1 Å². The fraction of sp³-hybridized carbons (Fsp3) is 0.222. The third-order valence-corrected chi connectivity index (χ3v) is 3.92. The highest BCUT2D eigenvalue weighted by Gasteiger charge is 2.33. The van der Waals surface area contributed by atoms with Gasteiger partial charge >= 0.3 is 18.2 Å². The lowest BCUT2D eigenvalue weighted by atomic mass is 10.0. The molecule has 0 aliphatic carbocycles. The number of halogens is 4. The maximum atomic E-state index is 13.0. The molecule has 1 atom stereocenters. The van der Waals surface area contributed by atoms with Gasteiger partial charge in [0.2, 0.25) is 0 Å². The highest BCUT2D eigenvalue weighted by atomic mass is 35.5. The van der Waals surface area contributed by atoms with E-state index in [0.717, 1.165) is 6.07 Å². The van der Waals surface area contributed by atoms with E-state index in [0.29, 0.717) is 10.6 Å². The molecule has 0 aromatic heterocycles. The molecule has 2 aromatic rings. The second kappa shape index (κ2) is 8.77. The summed E-state index contributed by atoms with van der Waals surface area (Å²) >= 11 is 5.80. The Balaban J connectivity index is 2.06. The predicted octanol–water partition coefficient (Wildman–Crippen LogP) is 4.20. The monoisotopic (exact) mass is 400 g/mol. The van der Waals surface area contributed by atoms with Gasteiger partial charge in [-0.1, -0.05) is 41.9 Å². The molecule has 0 spiro atoms. The topological polar surface area (TPSA) is 81.4 Å². The zero-order valence-electron chi connectivity index (χ0n) is 13.9. The molecule has 144 valence electrons. The third-order valence-electron chi connectivity index (χ3n) is 3.67. The average molecular weight is 401 g/mol. The summed E-state index contributed by atoms with van der Waals surface area (Å²) in [6.45, 7) is -0.543. The Bertz CT molecular complexity index is 810. The highest BCUT2D eigenvalue weighted by molar-refractivity contribution is 6.30. The Hall–Kier alpha value is -2.74. The van der Waals surface area contributed by atoms with E-state index in [4.69, 9.17) is 22.1 Å². The number of ether oxygens (including phenoxy) is 1. The molecular weight excluding hydrogens is 385 g/mol. The minimum Gasteiger partial charge on any atom is -0.461 e. The lowest BCUT2D eigenvalue weighted by Gasteiger charge is -2.18. The Morgan fingerprint density at radius 2 is 1.74 bits per heavy atom. The van der Waals surface area contributed by atoms with Crippen LogP contribution in [-0.2, 0) is 22.3 Å². The molecule has 0 fully saturated rings. The van der Waals surface area contributed by atoms with Crippen LogP contribution >= 0.6 is 11.6 Å². The van der Waals surface area contributed by atoms with Crippen molar-refractivity contribution in [3.8, 4) is 0 Å². The van der Waals surface area contributed by atoms with E-state index in [9.17, 15) is 22.8 Å². The van der Waals surface area contributed by atoms with Gasteiger partial charge in [0.15, 0.2) is 0 Å². The minimum atomic E-state index is -4.55. The van der Waals surface area contributed by atoms with Gasteiger partial charge in [-0.3, -0.25) is 4.79 Å². The number of urea groups is 1. The van der Waals surface area contributed by atoms with E-state index in [1.54, 1.807) is 24.3 Å². The zero-order chi connectivity index (χ0) is 20.0. The van der Waals surface area contributed by atoms with Crippen LogP contribution in [0.5, 0.6) is 0 Å². The Labute approximate surface area is 158 Å². The molecule has 0 aliphatic rings. The fourth-order valence-corrected chi connectivity index (χ4v) is 2.55. The average Bonchev–Trinajstić information content (AvgIpc) is 2.59. The van der Waals surface area contributed by atoms with Gasteiger partial charge in [0.25, 0.3) is 0 Å². The van der Waals surface area contributed by atoms with Crippen molar-refractivity contribution in [1.82, 2.24) is 5.32 Å². The van der Waals surface area contributed by atoms with Gasteiger partial charge < -0.3 is 15.8 Å². The van der Waals surface area contributed by atoms with E-state index in [2.05, 4.69) is 5.32 Å². The van der Waals surface area contributed by atoms with Gasteiger partial charge in [-0.05, 0) is 23.8 Å². The zero-order valence-corrected chi connectivity index (χ0v) is 14.7. The van der Waals surface area contributed by atoms with Crippen molar-refractivity contribution >= 4 is 23.6 Å². The maximum Gasteiger partial charge on any atom is 0.416 e. The number of carbonyl (C=O) groups excluding carboxylic acids is 2. The molecule has 9 heteroatoms. The van der Waals surface area contributed by atoms with Gasteiger partial charge in [-0.15, -0.1) is 0 Å². The summed E-state index contributed by atoms with van der Waals surface area (Å²) in [4.78, 5) is 23.3.